The lowest BCUT2D eigenvalue weighted by molar-refractivity contribution is -0.384. The summed E-state index contributed by atoms with van der Waals surface area (Å²) < 4.78 is 0. The molecule has 1 saturated heterocycles. The van der Waals surface area contributed by atoms with Gasteiger partial charge in [0.05, 0.1) is 10.6 Å². The number of nitrogens with one attached hydrogen (secondary N) is 2. The van der Waals surface area contributed by atoms with Gasteiger partial charge in [-0.25, -0.2) is 0 Å². The highest BCUT2D eigenvalue weighted by molar-refractivity contribution is 8.15. The third-order valence-electron chi connectivity index (χ3n) is 4.35. The molecule has 0 aromatic heterocycles. The standard InChI is InChI=1S/C20H19N5O4S/c1-12-5-3-4-6-16(12)21-18(26)11-17-19(27)22-20(30-17)24-23-13(2)14-7-9-15(10-8-14)25(28)29/h3-10,17H,11H2,1-2H3,(H,21,26)(H,22,24,27)/b23-13-/t17-/m0/s1. The van der Waals surface area contributed by atoms with Crippen molar-refractivity contribution in [1.29, 1.82) is 0 Å². The number of amides is 2. The number of thioether (sulfide) groups is 1. The molecular weight excluding hydrogens is 406 g/mol. The molecule has 0 saturated carbocycles. The molecule has 2 aromatic rings. The number of hydrogen-bond acceptors (Lipinski definition) is 7. The molecule has 9 nitrogen and oxygen atoms in total. The Kier molecular flexibility index (Phi) is 6.58. The van der Waals surface area contributed by atoms with Gasteiger partial charge in [0.15, 0.2) is 5.17 Å². The van der Waals surface area contributed by atoms with Crippen LogP contribution in [0.4, 0.5) is 11.4 Å². The monoisotopic (exact) mass is 425 g/mol. The van der Waals surface area contributed by atoms with Gasteiger partial charge in [-0.05, 0) is 43.2 Å². The molecule has 0 aliphatic carbocycles. The van der Waals surface area contributed by atoms with Gasteiger partial charge in [0.1, 0.15) is 5.25 Å². The van der Waals surface area contributed by atoms with Gasteiger partial charge in [-0.15, -0.1) is 5.10 Å². The number of carbonyl (C=O) groups excluding carboxylic acids is 2. The molecule has 30 heavy (non-hydrogen) atoms. The van der Waals surface area contributed by atoms with E-state index in [0.29, 0.717) is 22.1 Å². The van der Waals surface area contributed by atoms with Gasteiger partial charge in [0.2, 0.25) is 11.8 Å². The fraction of sp³-hybridized carbons (Fsp3) is 0.200. The molecule has 1 heterocycles. The van der Waals surface area contributed by atoms with E-state index >= 15 is 0 Å². The van der Waals surface area contributed by atoms with Crippen molar-refractivity contribution in [2.24, 2.45) is 10.2 Å². The van der Waals surface area contributed by atoms with E-state index in [4.69, 9.17) is 0 Å². The van der Waals surface area contributed by atoms with E-state index in [9.17, 15) is 19.7 Å². The highest BCUT2D eigenvalue weighted by Crippen LogP contribution is 2.24. The van der Waals surface area contributed by atoms with E-state index in [1.165, 1.54) is 12.1 Å². The molecule has 10 heteroatoms. The highest BCUT2D eigenvalue weighted by Gasteiger charge is 2.32. The summed E-state index contributed by atoms with van der Waals surface area (Å²) in [7, 11) is 0. The molecule has 2 amide bonds. The molecule has 0 unspecified atom stereocenters. The molecule has 2 N–H and O–H groups in total. The summed E-state index contributed by atoms with van der Waals surface area (Å²) in [5.74, 6) is -0.564. The van der Waals surface area contributed by atoms with Crippen molar-refractivity contribution in [3.05, 3.63) is 69.8 Å². The van der Waals surface area contributed by atoms with Crippen LogP contribution in [0.5, 0.6) is 0 Å². The van der Waals surface area contributed by atoms with Crippen molar-refractivity contribution in [1.82, 2.24) is 5.32 Å². The van der Waals surface area contributed by atoms with E-state index in [1.807, 2.05) is 25.1 Å². The van der Waals surface area contributed by atoms with Crippen LogP contribution in [-0.4, -0.2) is 32.9 Å². The van der Waals surface area contributed by atoms with E-state index in [2.05, 4.69) is 20.8 Å². The molecule has 1 fully saturated rings. The zero-order valence-electron chi connectivity index (χ0n) is 16.3. The molecule has 2 aromatic carbocycles. The smallest absolute Gasteiger partial charge is 0.269 e. The maximum absolute atomic E-state index is 12.3. The van der Waals surface area contributed by atoms with Crippen LogP contribution in [0.25, 0.3) is 0 Å². The number of benzene rings is 2. The van der Waals surface area contributed by atoms with Crippen LogP contribution in [0.3, 0.4) is 0 Å². The molecule has 154 valence electrons. The predicted octanol–water partition coefficient (Wildman–Crippen LogP) is 3.24. The van der Waals surface area contributed by atoms with Gasteiger partial charge in [-0.2, -0.15) is 5.10 Å². The lowest BCUT2D eigenvalue weighted by Gasteiger charge is -2.09. The van der Waals surface area contributed by atoms with Gasteiger partial charge in [-0.3, -0.25) is 19.7 Å². The molecule has 0 spiro atoms. The van der Waals surface area contributed by atoms with Crippen LogP contribution in [-0.2, 0) is 9.59 Å². The normalized spacial score (nSPS) is 17.7. The number of aryl methyl sites for hydroxylation is 1. The summed E-state index contributed by atoms with van der Waals surface area (Å²) >= 11 is 1.14. The highest BCUT2D eigenvalue weighted by atomic mass is 32.2. The van der Waals surface area contributed by atoms with Crippen molar-refractivity contribution >= 4 is 45.8 Å². The van der Waals surface area contributed by atoms with E-state index in [-0.39, 0.29) is 23.9 Å². The first-order chi connectivity index (χ1) is 14.3. The van der Waals surface area contributed by atoms with Crippen LogP contribution in [0.1, 0.15) is 24.5 Å². The number of nitro groups is 1. The minimum atomic E-state index is -0.595. The number of hydrogen-bond donors (Lipinski definition) is 2. The molecule has 0 bridgehead atoms. The summed E-state index contributed by atoms with van der Waals surface area (Å²) in [4.78, 5) is 34.7. The maximum atomic E-state index is 12.3. The van der Waals surface area contributed by atoms with E-state index < -0.39 is 10.2 Å². The van der Waals surface area contributed by atoms with Crippen LogP contribution < -0.4 is 10.6 Å². The number of anilines is 1. The zero-order chi connectivity index (χ0) is 21.7. The van der Waals surface area contributed by atoms with Crippen LogP contribution in [0, 0.1) is 17.0 Å². The van der Waals surface area contributed by atoms with Gasteiger partial charge < -0.3 is 10.6 Å². The first-order valence-corrected chi connectivity index (χ1v) is 9.91. The number of nitro benzene ring substituents is 1. The number of carbonyl (C=O) groups is 2. The van der Waals surface area contributed by atoms with Crippen LogP contribution in [0.15, 0.2) is 58.7 Å². The fourth-order valence-electron chi connectivity index (χ4n) is 2.67. The quantitative estimate of drug-likeness (QED) is 0.417. The summed E-state index contributed by atoms with van der Waals surface area (Å²) in [5, 5.41) is 24.0. The lowest BCUT2D eigenvalue weighted by atomic mass is 10.1. The topological polar surface area (TPSA) is 126 Å². The Labute approximate surface area is 176 Å². The number of nitrogens with zero attached hydrogens (tertiary/aromatic N) is 3. The van der Waals surface area contributed by atoms with Crippen LogP contribution in [0.2, 0.25) is 0 Å². The SMILES string of the molecule is C/C(=N/N=C1/NC(=O)[C@H](CC(=O)Nc2ccccc2C)S1)c1ccc([N+](=O)[O-])cc1. The molecule has 3 rings (SSSR count). The Bertz CT molecular complexity index is 1050. The Morgan fingerprint density at radius 2 is 1.93 bits per heavy atom. The van der Waals surface area contributed by atoms with E-state index in [1.54, 1.807) is 25.1 Å². The van der Waals surface area contributed by atoms with Gasteiger partial charge in [0, 0.05) is 24.2 Å². The third kappa shape index (κ3) is 5.29. The fourth-order valence-corrected chi connectivity index (χ4v) is 3.59. The van der Waals surface area contributed by atoms with Crippen molar-refractivity contribution in [2.75, 3.05) is 5.32 Å². The molecule has 1 aliphatic rings. The molecule has 1 aliphatic heterocycles. The maximum Gasteiger partial charge on any atom is 0.269 e. The predicted molar refractivity (Wildman–Crippen MR) is 117 cm³/mol. The molecular formula is C20H19N5O4S. The Morgan fingerprint density at radius 3 is 2.60 bits per heavy atom. The first kappa shape index (κ1) is 21.2. The number of non-ortho nitro benzene ring substituents is 1. The lowest BCUT2D eigenvalue weighted by Crippen LogP contribution is -2.28. The number of para-hydroxylation sites is 1. The second kappa shape index (κ2) is 9.31. The summed E-state index contributed by atoms with van der Waals surface area (Å²) in [6.07, 6.45) is 0.00883. The summed E-state index contributed by atoms with van der Waals surface area (Å²) in [6, 6.07) is 13.3. The average molecular weight is 425 g/mol. The Hall–Kier alpha value is -3.53. The summed E-state index contributed by atoms with van der Waals surface area (Å²) in [5.41, 5.74) is 2.85. The Balaban J connectivity index is 1.61. The number of amidine groups is 1. The molecule has 1 atom stereocenters. The molecule has 0 radical (unpaired) electrons. The number of rotatable bonds is 6. The summed E-state index contributed by atoms with van der Waals surface area (Å²) in [6.45, 7) is 3.60. The second-order valence-electron chi connectivity index (χ2n) is 6.56. The Morgan fingerprint density at radius 1 is 1.23 bits per heavy atom. The minimum absolute atomic E-state index is 0.00883. The second-order valence-corrected chi connectivity index (χ2v) is 7.75. The van der Waals surface area contributed by atoms with E-state index in [0.717, 1.165) is 17.3 Å². The van der Waals surface area contributed by atoms with Gasteiger partial charge in [0.25, 0.3) is 5.69 Å². The van der Waals surface area contributed by atoms with Gasteiger partial charge >= 0.3 is 0 Å². The third-order valence-corrected chi connectivity index (χ3v) is 5.43. The largest absolute Gasteiger partial charge is 0.326 e. The van der Waals surface area contributed by atoms with Gasteiger partial charge in [-0.1, -0.05) is 30.0 Å². The minimum Gasteiger partial charge on any atom is -0.326 e. The van der Waals surface area contributed by atoms with Crippen LogP contribution >= 0.6 is 11.8 Å². The van der Waals surface area contributed by atoms with Crippen molar-refractivity contribution in [3.8, 4) is 0 Å². The van der Waals surface area contributed by atoms with Crippen molar-refractivity contribution < 1.29 is 14.5 Å². The van der Waals surface area contributed by atoms with Crippen molar-refractivity contribution in [3.63, 3.8) is 0 Å². The first-order valence-electron chi connectivity index (χ1n) is 9.03. The van der Waals surface area contributed by atoms with Crippen molar-refractivity contribution in [2.45, 2.75) is 25.5 Å². The zero-order valence-corrected chi connectivity index (χ0v) is 17.1. The average Bonchev–Trinajstić information content (AvgIpc) is 3.07.